The lowest BCUT2D eigenvalue weighted by Gasteiger charge is -2.29. The summed E-state index contributed by atoms with van der Waals surface area (Å²) in [5.41, 5.74) is 8.03. The Balaban J connectivity index is 1.98. The lowest BCUT2D eigenvalue weighted by molar-refractivity contribution is -0.133. The van der Waals surface area contributed by atoms with E-state index < -0.39 is 0 Å². The van der Waals surface area contributed by atoms with Crippen LogP contribution in [0.1, 0.15) is 24.1 Å². The Bertz CT molecular complexity index is 706. The summed E-state index contributed by atoms with van der Waals surface area (Å²) in [4.78, 5) is 16.8. The second-order valence-corrected chi connectivity index (χ2v) is 6.72. The van der Waals surface area contributed by atoms with E-state index in [2.05, 4.69) is 17.0 Å². The van der Waals surface area contributed by atoms with Crippen LogP contribution in [-0.2, 0) is 11.2 Å². The van der Waals surface area contributed by atoms with Crippen LogP contribution in [-0.4, -0.2) is 56.0 Å². The average Bonchev–Trinajstić information content (AvgIpc) is 2.71. The summed E-state index contributed by atoms with van der Waals surface area (Å²) in [6.07, 6.45) is 0.903. The highest BCUT2D eigenvalue weighted by molar-refractivity contribution is 5.78. The molecular weight excluding hydrogens is 338 g/mol. The fourth-order valence-electron chi connectivity index (χ4n) is 3.12. The topological polar surface area (TPSA) is 58.8 Å². The number of carbonyl (C=O) groups is 1. The first-order valence-electron chi connectivity index (χ1n) is 9.41. The molecule has 0 radical (unpaired) electrons. The van der Waals surface area contributed by atoms with Crippen LogP contribution in [0.4, 0.5) is 0 Å². The maximum Gasteiger partial charge on any atom is 0.236 e. The highest BCUT2D eigenvalue weighted by Crippen LogP contribution is 2.28. The van der Waals surface area contributed by atoms with Crippen molar-refractivity contribution in [3.63, 3.8) is 0 Å². The van der Waals surface area contributed by atoms with Crippen molar-refractivity contribution in [2.75, 3.05) is 40.3 Å². The Kier molecular flexibility index (Phi) is 8.30. The number of nitrogens with zero attached hydrogens (tertiary/aromatic N) is 2. The molecule has 0 aliphatic rings. The van der Waals surface area contributed by atoms with Crippen LogP contribution in [0.25, 0.3) is 0 Å². The molecule has 0 aliphatic carbocycles. The summed E-state index contributed by atoms with van der Waals surface area (Å²) < 4.78 is 5.44. The second kappa shape index (κ2) is 10.7. The van der Waals surface area contributed by atoms with Gasteiger partial charge in [-0.15, -0.1) is 0 Å². The minimum Gasteiger partial charge on any atom is -0.496 e. The number of hydrogen-bond acceptors (Lipinski definition) is 4. The number of benzene rings is 2. The molecule has 2 N–H and O–H groups in total. The van der Waals surface area contributed by atoms with E-state index >= 15 is 0 Å². The third-order valence-corrected chi connectivity index (χ3v) is 4.93. The standard InChI is InChI=1S/C22H31N3O2/c1-18(20-11-7-8-12-21(20)27-3)24(2)22(26)17-25(16-14-23)15-13-19-9-5-4-6-10-19/h4-12,18H,13-17,23H2,1-3H3. The lowest BCUT2D eigenvalue weighted by Crippen LogP contribution is -2.42. The van der Waals surface area contributed by atoms with Crippen LogP contribution in [0.15, 0.2) is 54.6 Å². The zero-order valence-electron chi connectivity index (χ0n) is 16.6. The number of hydrogen-bond donors (Lipinski definition) is 1. The van der Waals surface area contributed by atoms with Crippen molar-refractivity contribution in [1.82, 2.24) is 9.80 Å². The molecule has 0 spiro atoms. The van der Waals surface area contributed by atoms with Crippen LogP contribution in [0, 0.1) is 0 Å². The monoisotopic (exact) mass is 369 g/mol. The highest BCUT2D eigenvalue weighted by atomic mass is 16.5. The summed E-state index contributed by atoms with van der Waals surface area (Å²) in [5.74, 6) is 0.877. The van der Waals surface area contributed by atoms with Gasteiger partial charge < -0.3 is 15.4 Å². The molecule has 0 bridgehead atoms. The highest BCUT2D eigenvalue weighted by Gasteiger charge is 2.21. The quantitative estimate of drug-likeness (QED) is 0.700. The van der Waals surface area contributed by atoms with Crippen LogP contribution < -0.4 is 10.5 Å². The zero-order chi connectivity index (χ0) is 19.6. The average molecular weight is 370 g/mol. The Morgan fingerprint density at radius 2 is 1.74 bits per heavy atom. The van der Waals surface area contributed by atoms with Crippen molar-refractivity contribution in [1.29, 1.82) is 0 Å². The Morgan fingerprint density at radius 3 is 2.41 bits per heavy atom. The molecule has 0 aliphatic heterocycles. The maximum absolute atomic E-state index is 12.9. The number of methoxy groups -OCH3 is 1. The van der Waals surface area contributed by atoms with Gasteiger partial charge in [0.25, 0.3) is 0 Å². The molecule has 5 nitrogen and oxygen atoms in total. The number of likely N-dealkylation sites (N-methyl/N-ethyl adjacent to an activating group) is 1. The molecule has 0 heterocycles. The zero-order valence-corrected chi connectivity index (χ0v) is 16.6. The van der Waals surface area contributed by atoms with Gasteiger partial charge in [0.1, 0.15) is 5.75 Å². The van der Waals surface area contributed by atoms with Gasteiger partial charge in [-0.1, -0.05) is 48.5 Å². The van der Waals surface area contributed by atoms with Crippen LogP contribution in [0.3, 0.4) is 0 Å². The lowest BCUT2D eigenvalue weighted by atomic mass is 10.1. The van der Waals surface area contributed by atoms with Gasteiger partial charge in [-0.05, 0) is 25.0 Å². The van der Waals surface area contributed by atoms with Gasteiger partial charge in [-0.3, -0.25) is 9.69 Å². The van der Waals surface area contributed by atoms with E-state index in [4.69, 9.17) is 10.5 Å². The van der Waals surface area contributed by atoms with Gasteiger partial charge in [-0.2, -0.15) is 0 Å². The normalized spacial score (nSPS) is 12.0. The van der Waals surface area contributed by atoms with Crippen molar-refractivity contribution >= 4 is 5.91 Å². The smallest absolute Gasteiger partial charge is 0.236 e. The number of amides is 1. The van der Waals surface area contributed by atoms with E-state index in [0.29, 0.717) is 19.6 Å². The first-order valence-corrected chi connectivity index (χ1v) is 9.41. The third-order valence-electron chi connectivity index (χ3n) is 4.93. The molecule has 27 heavy (non-hydrogen) atoms. The Hall–Kier alpha value is -2.37. The van der Waals surface area contributed by atoms with Crippen LogP contribution in [0.5, 0.6) is 5.75 Å². The van der Waals surface area contributed by atoms with E-state index in [1.54, 1.807) is 12.0 Å². The van der Waals surface area contributed by atoms with Crippen molar-refractivity contribution in [2.24, 2.45) is 5.73 Å². The molecule has 0 fully saturated rings. The van der Waals surface area contributed by atoms with Crippen molar-refractivity contribution in [3.8, 4) is 5.75 Å². The summed E-state index contributed by atoms with van der Waals surface area (Å²) in [6.45, 7) is 4.43. The number of rotatable bonds is 10. The van der Waals surface area contributed by atoms with Gasteiger partial charge >= 0.3 is 0 Å². The van der Waals surface area contributed by atoms with Gasteiger partial charge in [0.2, 0.25) is 5.91 Å². The van der Waals surface area contributed by atoms with E-state index in [-0.39, 0.29) is 11.9 Å². The molecule has 146 valence electrons. The largest absolute Gasteiger partial charge is 0.496 e. The first kappa shape index (κ1) is 20.9. The third kappa shape index (κ3) is 6.08. The van der Waals surface area contributed by atoms with Crippen molar-refractivity contribution < 1.29 is 9.53 Å². The summed E-state index contributed by atoms with van der Waals surface area (Å²) >= 11 is 0. The summed E-state index contributed by atoms with van der Waals surface area (Å²) in [7, 11) is 3.50. The molecular formula is C22H31N3O2. The minimum absolute atomic E-state index is 0.0671. The molecule has 0 aromatic heterocycles. The molecule has 1 atom stereocenters. The number of carbonyl (C=O) groups excluding carboxylic acids is 1. The number of para-hydroxylation sites is 1. The van der Waals surface area contributed by atoms with Gasteiger partial charge in [-0.25, -0.2) is 0 Å². The fourth-order valence-corrected chi connectivity index (χ4v) is 3.12. The molecule has 2 rings (SSSR count). The van der Waals surface area contributed by atoms with Crippen molar-refractivity contribution in [2.45, 2.75) is 19.4 Å². The minimum atomic E-state index is -0.0671. The van der Waals surface area contributed by atoms with E-state index in [0.717, 1.165) is 24.3 Å². The molecule has 1 amide bonds. The van der Waals surface area contributed by atoms with Crippen LogP contribution >= 0.6 is 0 Å². The van der Waals surface area contributed by atoms with Gasteiger partial charge in [0.05, 0.1) is 19.7 Å². The molecule has 0 saturated carbocycles. The fraction of sp³-hybridized carbons (Fsp3) is 0.409. The van der Waals surface area contributed by atoms with E-state index in [1.807, 2.05) is 56.4 Å². The number of ether oxygens (including phenoxy) is 1. The first-order chi connectivity index (χ1) is 13.1. The predicted octanol–water partition coefficient (Wildman–Crippen LogP) is 2.72. The van der Waals surface area contributed by atoms with Gasteiger partial charge in [0.15, 0.2) is 0 Å². The SMILES string of the molecule is COc1ccccc1C(C)N(C)C(=O)CN(CCN)CCc1ccccc1. The van der Waals surface area contributed by atoms with E-state index in [9.17, 15) is 4.79 Å². The van der Waals surface area contributed by atoms with Crippen molar-refractivity contribution in [3.05, 3.63) is 65.7 Å². The molecule has 0 saturated heterocycles. The van der Waals surface area contributed by atoms with Crippen LogP contribution in [0.2, 0.25) is 0 Å². The maximum atomic E-state index is 12.9. The molecule has 2 aromatic carbocycles. The van der Waals surface area contributed by atoms with E-state index in [1.165, 1.54) is 5.56 Å². The van der Waals surface area contributed by atoms with Gasteiger partial charge in [0, 0.05) is 32.2 Å². The molecule has 2 aromatic rings. The second-order valence-electron chi connectivity index (χ2n) is 6.72. The molecule has 1 unspecified atom stereocenters. The summed E-state index contributed by atoms with van der Waals surface area (Å²) in [5, 5.41) is 0. The number of nitrogens with two attached hydrogens (primary N) is 1. The predicted molar refractivity (Wildman–Crippen MR) is 110 cm³/mol. The Morgan fingerprint density at radius 1 is 1.07 bits per heavy atom. The summed E-state index contributed by atoms with van der Waals surface area (Å²) in [6, 6.07) is 18.1. The molecule has 5 heteroatoms. The Labute approximate surface area is 162 Å².